The van der Waals surface area contributed by atoms with E-state index in [0.717, 1.165) is 55.9 Å². The van der Waals surface area contributed by atoms with E-state index in [1.165, 1.54) is 43.9 Å². The van der Waals surface area contributed by atoms with Crippen molar-refractivity contribution in [2.45, 2.75) is 58.3 Å². The van der Waals surface area contributed by atoms with E-state index in [9.17, 15) is 22.4 Å². The summed E-state index contributed by atoms with van der Waals surface area (Å²) in [6, 6.07) is 8.08. The first kappa shape index (κ1) is 25.8. The predicted molar refractivity (Wildman–Crippen MR) is 132 cm³/mol. The van der Waals surface area contributed by atoms with Gasteiger partial charge in [-0.3, -0.25) is 0 Å². The van der Waals surface area contributed by atoms with Gasteiger partial charge in [-0.2, -0.15) is 0 Å². The van der Waals surface area contributed by atoms with Crippen LogP contribution in [0, 0.1) is 46.9 Å². The zero-order valence-corrected chi connectivity index (χ0v) is 20.2. The molecule has 0 amide bonds. The van der Waals surface area contributed by atoms with Crippen LogP contribution in [0.3, 0.4) is 0 Å². The number of benzene rings is 3. The van der Waals surface area contributed by atoms with Crippen LogP contribution in [-0.2, 0) is 0 Å². The zero-order chi connectivity index (χ0) is 25.7. The highest BCUT2D eigenvalue weighted by Gasteiger charge is 2.22. The van der Waals surface area contributed by atoms with Crippen LogP contribution in [0.5, 0.6) is 5.75 Å². The van der Waals surface area contributed by atoms with Crippen LogP contribution in [0.4, 0.5) is 17.6 Å². The number of unbranched alkanes of at least 4 members (excludes halogenated alkanes) is 2. The quantitative estimate of drug-likeness (QED) is 0.113. The fraction of sp³-hybridized carbons (Fsp3) is 0.367. The van der Waals surface area contributed by atoms with E-state index in [2.05, 4.69) is 18.8 Å². The van der Waals surface area contributed by atoms with Crippen molar-refractivity contribution in [1.29, 1.82) is 0 Å². The summed E-state index contributed by atoms with van der Waals surface area (Å²) in [7, 11) is 0. The van der Waals surface area contributed by atoms with Gasteiger partial charge in [-0.15, -0.1) is 0 Å². The van der Waals surface area contributed by atoms with E-state index in [0.29, 0.717) is 5.39 Å². The molecule has 0 N–H and O–H groups in total. The topological polar surface area (TPSA) is 26.3 Å². The minimum absolute atomic E-state index is 0.0496. The van der Waals surface area contributed by atoms with Crippen molar-refractivity contribution in [3.8, 4) is 17.6 Å². The first-order valence-electron chi connectivity index (χ1n) is 12.5. The Morgan fingerprint density at radius 3 is 2.19 bits per heavy atom. The third-order valence-electron chi connectivity index (χ3n) is 6.79. The maximum atomic E-state index is 14.7. The van der Waals surface area contributed by atoms with Gasteiger partial charge in [-0.1, -0.05) is 50.5 Å². The van der Waals surface area contributed by atoms with Gasteiger partial charge in [-0.25, -0.2) is 22.4 Å². The van der Waals surface area contributed by atoms with Crippen LogP contribution in [-0.4, -0.2) is 5.97 Å². The summed E-state index contributed by atoms with van der Waals surface area (Å²) in [6.07, 6.45) is 9.25. The van der Waals surface area contributed by atoms with Crippen molar-refractivity contribution in [3.05, 3.63) is 76.9 Å². The number of carbonyl (C=O) groups is 1. The Labute approximate surface area is 208 Å². The van der Waals surface area contributed by atoms with Gasteiger partial charge in [0.15, 0.2) is 11.6 Å². The maximum Gasteiger partial charge on any atom is 0.349 e. The largest absolute Gasteiger partial charge is 0.423 e. The van der Waals surface area contributed by atoms with E-state index in [4.69, 9.17) is 4.74 Å². The van der Waals surface area contributed by atoms with Crippen molar-refractivity contribution >= 4 is 16.7 Å². The molecule has 0 aromatic heterocycles. The van der Waals surface area contributed by atoms with Crippen molar-refractivity contribution in [2.24, 2.45) is 11.8 Å². The molecule has 0 bridgehead atoms. The highest BCUT2D eigenvalue weighted by atomic mass is 19.2. The highest BCUT2D eigenvalue weighted by molar-refractivity contribution is 5.93. The second-order valence-corrected chi connectivity index (χ2v) is 9.46. The molecule has 3 aromatic carbocycles. The van der Waals surface area contributed by atoms with Crippen molar-refractivity contribution < 1.29 is 27.1 Å². The zero-order valence-electron chi connectivity index (χ0n) is 20.2. The molecule has 0 spiro atoms. The Kier molecular flexibility index (Phi) is 8.30. The molecular formula is C30H28F4O2. The van der Waals surface area contributed by atoms with Gasteiger partial charge in [0.25, 0.3) is 0 Å². The Bertz CT molecular complexity index is 1290. The molecule has 0 heterocycles. The molecule has 4 rings (SSSR count). The van der Waals surface area contributed by atoms with Gasteiger partial charge in [0.2, 0.25) is 0 Å². The third-order valence-corrected chi connectivity index (χ3v) is 6.79. The smallest absolute Gasteiger partial charge is 0.349 e. The van der Waals surface area contributed by atoms with Gasteiger partial charge in [0.1, 0.15) is 22.9 Å². The van der Waals surface area contributed by atoms with E-state index in [-0.39, 0.29) is 22.6 Å². The van der Waals surface area contributed by atoms with Crippen LogP contribution in [0.2, 0.25) is 0 Å². The SMILES string of the molecule is CCCCCC1CCC(C#Cc2cc(F)c(C(=O)Oc3ccc4cc(F)c(F)cc4c3)c(F)c2)CC1. The predicted octanol–water partition coefficient (Wildman–Crippen LogP) is 8.35. The summed E-state index contributed by atoms with van der Waals surface area (Å²) in [4.78, 5) is 12.5. The molecule has 1 aliphatic carbocycles. The van der Waals surface area contributed by atoms with E-state index in [1.807, 2.05) is 0 Å². The number of hydrogen-bond acceptors (Lipinski definition) is 2. The van der Waals surface area contributed by atoms with Crippen molar-refractivity contribution in [2.75, 3.05) is 0 Å². The first-order valence-corrected chi connectivity index (χ1v) is 12.5. The number of halogens is 4. The van der Waals surface area contributed by atoms with E-state index in [1.54, 1.807) is 0 Å². The molecule has 36 heavy (non-hydrogen) atoms. The van der Waals surface area contributed by atoms with Gasteiger partial charge >= 0.3 is 5.97 Å². The lowest BCUT2D eigenvalue weighted by Crippen LogP contribution is -2.14. The Morgan fingerprint density at radius 2 is 1.53 bits per heavy atom. The number of esters is 1. The van der Waals surface area contributed by atoms with Crippen LogP contribution < -0.4 is 4.74 Å². The minimum atomic E-state index is -1.23. The van der Waals surface area contributed by atoms with Gasteiger partial charge in [0, 0.05) is 11.5 Å². The molecule has 1 fully saturated rings. The summed E-state index contributed by atoms with van der Waals surface area (Å²) in [6.45, 7) is 2.20. The monoisotopic (exact) mass is 496 g/mol. The maximum absolute atomic E-state index is 14.7. The summed E-state index contributed by atoms with van der Waals surface area (Å²) >= 11 is 0. The molecule has 0 unspecified atom stereocenters. The third kappa shape index (κ3) is 6.26. The van der Waals surface area contributed by atoms with E-state index < -0.39 is 34.8 Å². The molecule has 188 valence electrons. The molecular weight excluding hydrogens is 468 g/mol. The molecule has 1 aliphatic rings. The Balaban J connectivity index is 1.41. The van der Waals surface area contributed by atoms with Gasteiger partial charge < -0.3 is 4.74 Å². The summed E-state index contributed by atoms with van der Waals surface area (Å²) in [5.41, 5.74) is -0.673. The molecule has 0 atom stereocenters. The Hall–Kier alpha value is -3.33. The van der Waals surface area contributed by atoms with Gasteiger partial charge in [-0.05, 0) is 78.8 Å². The minimum Gasteiger partial charge on any atom is -0.423 e. The van der Waals surface area contributed by atoms with Crippen LogP contribution >= 0.6 is 0 Å². The molecule has 0 saturated heterocycles. The average molecular weight is 497 g/mol. The standard InChI is InChI=1S/C30H28F4O2/c1-2-3-4-5-19-6-8-20(9-7-19)10-11-21-14-27(33)29(28(34)15-21)30(35)36-24-13-12-22-17-25(31)26(32)18-23(22)16-24/h12-20H,2-9H2,1H3. The second-order valence-electron chi connectivity index (χ2n) is 9.46. The number of carbonyl (C=O) groups excluding carboxylic acids is 1. The first-order chi connectivity index (χ1) is 17.3. The molecule has 0 aliphatic heterocycles. The van der Waals surface area contributed by atoms with Crippen molar-refractivity contribution in [3.63, 3.8) is 0 Å². The van der Waals surface area contributed by atoms with E-state index >= 15 is 0 Å². The lowest BCUT2D eigenvalue weighted by Gasteiger charge is -2.25. The molecule has 2 nitrogen and oxygen atoms in total. The second kappa shape index (κ2) is 11.6. The average Bonchev–Trinajstić information content (AvgIpc) is 2.84. The fourth-order valence-corrected chi connectivity index (χ4v) is 4.75. The Morgan fingerprint density at radius 1 is 0.861 bits per heavy atom. The fourth-order valence-electron chi connectivity index (χ4n) is 4.75. The number of fused-ring (bicyclic) bond motifs is 1. The summed E-state index contributed by atoms with van der Waals surface area (Å²) in [5, 5.41) is 0.666. The lowest BCUT2D eigenvalue weighted by atomic mass is 9.80. The van der Waals surface area contributed by atoms with Gasteiger partial charge in [0.05, 0.1) is 0 Å². The highest BCUT2D eigenvalue weighted by Crippen LogP contribution is 2.32. The number of rotatable bonds is 6. The normalized spacial score (nSPS) is 17.5. The van der Waals surface area contributed by atoms with Crippen LogP contribution in [0.15, 0.2) is 42.5 Å². The van der Waals surface area contributed by atoms with Crippen LogP contribution in [0.25, 0.3) is 10.8 Å². The molecule has 0 radical (unpaired) electrons. The number of ether oxygens (including phenoxy) is 1. The molecule has 3 aromatic rings. The molecule has 1 saturated carbocycles. The number of hydrogen-bond donors (Lipinski definition) is 0. The summed E-state index contributed by atoms with van der Waals surface area (Å²) < 4.78 is 61.4. The van der Waals surface area contributed by atoms with Crippen LogP contribution in [0.1, 0.15) is 74.2 Å². The molecule has 6 heteroatoms. The lowest BCUT2D eigenvalue weighted by molar-refractivity contribution is 0.0725. The summed E-state index contributed by atoms with van der Waals surface area (Å²) in [5.74, 6) is 1.47. The van der Waals surface area contributed by atoms with Crippen molar-refractivity contribution in [1.82, 2.24) is 0 Å².